The molecular weight excluding hydrogens is 256 g/mol. The van der Waals surface area contributed by atoms with Crippen LogP contribution >= 0.6 is 0 Å². The Morgan fingerprint density at radius 2 is 0.952 bits per heavy atom. The Hall–Kier alpha value is -0.0800. The topological polar surface area (TPSA) is 6.48 Å². The van der Waals surface area contributed by atoms with Crippen LogP contribution in [0.4, 0.5) is 0 Å². The highest BCUT2D eigenvalue weighted by atomic mass is 15.2. The third-order valence-corrected chi connectivity index (χ3v) is 4.76. The largest absolute Gasteiger partial charge is 0.299 e. The zero-order valence-corrected chi connectivity index (χ0v) is 15.8. The fourth-order valence-electron chi connectivity index (χ4n) is 3.57. The molecule has 0 aromatic carbocycles. The van der Waals surface area contributed by atoms with Crippen molar-refractivity contribution in [2.45, 2.75) is 98.6 Å². The van der Waals surface area contributed by atoms with Gasteiger partial charge in [0.25, 0.3) is 0 Å². The molecule has 0 radical (unpaired) electrons. The van der Waals surface area contributed by atoms with Gasteiger partial charge in [-0.2, -0.15) is 0 Å². The van der Waals surface area contributed by atoms with Crippen molar-refractivity contribution in [2.24, 2.45) is 0 Å². The fraction of sp³-hybridized carbons (Fsp3) is 1.00. The fourth-order valence-corrected chi connectivity index (χ4v) is 3.57. The maximum Gasteiger partial charge on any atom is 0.0112 e. The van der Waals surface area contributed by atoms with E-state index < -0.39 is 0 Å². The van der Waals surface area contributed by atoms with Crippen molar-refractivity contribution in [2.75, 3.05) is 26.2 Å². The Bertz CT molecular complexity index is 214. The standard InChI is InChI=1S/C19H42N2/c1-7-13-19(12-6)21(15-9-3)17-16-20(14-8-2)18(10-4)11-5/h18-19H,7-17H2,1-6H3. The molecule has 0 saturated carbocycles. The summed E-state index contributed by atoms with van der Waals surface area (Å²) in [5.41, 5.74) is 0. The van der Waals surface area contributed by atoms with Gasteiger partial charge in [-0.05, 0) is 51.6 Å². The molecule has 0 saturated heterocycles. The first-order valence-corrected chi connectivity index (χ1v) is 9.66. The van der Waals surface area contributed by atoms with Crippen LogP contribution in [-0.4, -0.2) is 48.1 Å². The first kappa shape index (κ1) is 20.9. The predicted octanol–water partition coefficient (Wildman–Crippen LogP) is 5.18. The smallest absolute Gasteiger partial charge is 0.0112 e. The summed E-state index contributed by atoms with van der Waals surface area (Å²) in [5, 5.41) is 0. The van der Waals surface area contributed by atoms with Crippen LogP contribution in [0.1, 0.15) is 86.5 Å². The highest BCUT2D eigenvalue weighted by molar-refractivity contribution is 4.75. The van der Waals surface area contributed by atoms with Crippen molar-refractivity contribution in [1.82, 2.24) is 9.80 Å². The maximum absolute atomic E-state index is 2.76. The van der Waals surface area contributed by atoms with Crippen molar-refractivity contribution < 1.29 is 0 Å². The molecule has 0 rings (SSSR count). The molecule has 1 atom stereocenters. The highest BCUT2D eigenvalue weighted by Crippen LogP contribution is 2.14. The summed E-state index contributed by atoms with van der Waals surface area (Å²) in [6, 6.07) is 1.57. The first-order chi connectivity index (χ1) is 10.2. The van der Waals surface area contributed by atoms with Crippen LogP contribution in [-0.2, 0) is 0 Å². The average Bonchev–Trinajstić information content (AvgIpc) is 2.50. The van der Waals surface area contributed by atoms with E-state index >= 15 is 0 Å². The summed E-state index contributed by atoms with van der Waals surface area (Å²) in [5.74, 6) is 0. The van der Waals surface area contributed by atoms with Crippen molar-refractivity contribution in [3.8, 4) is 0 Å². The SMILES string of the molecule is CCCC(CC)N(CCC)CCN(CCC)C(CC)CC. The van der Waals surface area contributed by atoms with Gasteiger partial charge in [0.2, 0.25) is 0 Å². The molecule has 21 heavy (non-hydrogen) atoms. The van der Waals surface area contributed by atoms with Gasteiger partial charge in [-0.3, -0.25) is 9.80 Å². The van der Waals surface area contributed by atoms with E-state index in [9.17, 15) is 0 Å². The minimum absolute atomic E-state index is 0.777. The number of nitrogens with zero attached hydrogens (tertiary/aromatic N) is 2. The molecule has 0 aliphatic carbocycles. The van der Waals surface area contributed by atoms with E-state index in [0.29, 0.717) is 0 Å². The summed E-state index contributed by atoms with van der Waals surface area (Å²) in [4.78, 5) is 5.50. The molecule has 2 nitrogen and oxygen atoms in total. The monoisotopic (exact) mass is 298 g/mol. The molecule has 1 unspecified atom stereocenters. The molecule has 0 fully saturated rings. The Morgan fingerprint density at radius 1 is 0.524 bits per heavy atom. The van der Waals surface area contributed by atoms with Crippen LogP contribution in [0.3, 0.4) is 0 Å². The lowest BCUT2D eigenvalue weighted by atomic mass is 10.1. The van der Waals surface area contributed by atoms with Gasteiger partial charge < -0.3 is 0 Å². The Kier molecular flexibility index (Phi) is 13.5. The van der Waals surface area contributed by atoms with Crippen LogP contribution in [0, 0.1) is 0 Å². The molecular formula is C19H42N2. The summed E-state index contributed by atoms with van der Waals surface area (Å²) in [7, 11) is 0. The molecule has 128 valence electrons. The Balaban J connectivity index is 4.58. The van der Waals surface area contributed by atoms with Crippen LogP contribution in [0.25, 0.3) is 0 Å². The molecule has 2 heteroatoms. The van der Waals surface area contributed by atoms with Gasteiger partial charge in [0, 0.05) is 25.2 Å². The second-order valence-electron chi connectivity index (χ2n) is 6.39. The predicted molar refractivity (Wildman–Crippen MR) is 97.1 cm³/mol. The quantitative estimate of drug-likeness (QED) is 0.436. The number of hydrogen-bond donors (Lipinski definition) is 0. The molecule has 0 aromatic heterocycles. The van der Waals surface area contributed by atoms with E-state index in [0.717, 1.165) is 12.1 Å². The molecule has 0 heterocycles. The van der Waals surface area contributed by atoms with E-state index in [4.69, 9.17) is 0 Å². The van der Waals surface area contributed by atoms with Crippen molar-refractivity contribution in [1.29, 1.82) is 0 Å². The van der Waals surface area contributed by atoms with Crippen molar-refractivity contribution in [3.05, 3.63) is 0 Å². The first-order valence-electron chi connectivity index (χ1n) is 9.66. The maximum atomic E-state index is 2.76. The molecule has 0 aliphatic heterocycles. The summed E-state index contributed by atoms with van der Waals surface area (Å²) < 4.78 is 0. The lowest BCUT2D eigenvalue weighted by Crippen LogP contribution is -2.44. The zero-order chi connectivity index (χ0) is 16.1. The molecule has 0 aliphatic rings. The summed E-state index contributed by atoms with van der Waals surface area (Å²) in [6.45, 7) is 19.0. The average molecular weight is 299 g/mol. The molecule has 0 bridgehead atoms. The van der Waals surface area contributed by atoms with Crippen molar-refractivity contribution in [3.63, 3.8) is 0 Å². The van der Waals surface area contributed by atoms with Gasteiger partial charge in [0.15, 0.2) is 0 Å². The summed E-state index contributed by atoms with van der Waals surface area (Å²) in [6.07, 6.45) is 9.09. The van der Waals surface area contributed by atoms with Crippen molar-refractivity contribution >= 4 is 0 Å². The third kappa shape index (κ3) is 8.21. The zero-order valence-electron chi connectivity index (χ0n) is 15.8. The number of hydrogen-bond acceptors (Lipinski definition) is 2. The normalized spacial score (nSPS) is 13.6. The highest BCUT2D eigenvalue weighted by Gasteiger charge is 2.19. The third-order valence-electron chi connectivity index (χ3n) is 4.76. The second kappa shape index (κ2) is 13.6. The van der Waals surface area contributed by atoms with Gasteiger partial charge in [0.05, 0.1) is 0 Å². The van der Waals surface area contributed by atoms with E-state index in [1.807, 2.05) is 0 Å². The van der Waals surface area contributed by atoms with Crippen LogP contribution in [0.2, 0.25) is 0 Å². The minimum atomic E-state index is 0.777. The lowest BCUT2D eigenvalue weighted by Gasteiger charge is -2.36. The van der Waals surface area contributed by atoms with Gasteiger partial charge >= 0.3 is 0 Å². The molecule has 0 N–H and O–H groups in total. The van der Waals surface area contributed by atoms with Crippen LogP contribution in [0.5, 0.6) is 0 Å². The van der Waals surface area contributed by atoms with E-state index in [1.54, 1.807) is 0 Å². The lowest BCUT2D eigenvalue weighted by molar-refractivity contribution is 0.122. The molecule has 0 spiro atoms. The van der Waals surface area contributed by atoms with E-state index in [-0.39, 0.29) is 0 Å². The molecule has 0 amide bonds. The van der Waals surface area contributed by atoms with Crippen LogP contribution in [0.15, 0.2) is 0 Å². The second-order valence-corrected chi connectivity index (χ2v) is 6.39. The molecule has 0 aromatic rings. The van der Waals surface area contributed by atoms with Gasteiger partial charge in [-0.15, -0.1) is 0 Å². The minimum Gasteiger partial charge on any atom is -0.299 e. The van der Waals surface area contributed by atoms with Gasteiger partial charge in [-0.1, -0.05) is 48.0 Å². The number of rotatable bonds is 14. The summed E-state index contributed by atoms with van der Waals surface area (Å²) >= 11 is 0. The van der Waals surface area contributed by atoms with E-state index in [1.165, 1.54) is 71.1 Å². The Morgan fingerprint density at radius 3 is 1.29 bits per heavy atom. The van der Waals surface area contributed by atoms with Gasteiger partial charge in [0.1, 0.15) is 0 Å². The Labute approximate surface area is 135 Å². The van der Waals surface area contributed by atoms with Gasteiger partial charge in [-0.25, -0.2) is 0 Å². The van der Waals surface area contributed by atoms with Crippen LogP contribution < -0.4 is 0 Å². The van der Waals surface area contributed by atoms with E-state index in [2.05, 4.69) is 51.3 Å².